The molecule has 1 aromatic carbocycles. The van der Waals surface area contributed by atoms with Crippen molar-refractivity contribution >= 4 is 30.1 Å². The van der Waals surface area contributed by atoms with Crippen LogP contribution in [0.15, 0.2) is 41.1 Å². The second-order valence-corrected chi connectivity index (χ2v) is 15.0. The normalized spacial score (nSPS) is 17.0. The maximum absolute atomic E-state index is 12.7. The summed E-state index contributed by atoms with van der Waals surface area (Å²) in [5.41, 5.74) is 0.983. The van der Waals surface area contributed by atoms with Crippen LogP contribution in [0.2, 0.25) is 25.7 Å². The number of halogens is 1. The minimum atomic E-state index is -1.13. The standard InChI is InChI=1S/C21H30BrN3O3Si/c1-29(2,3)13-12-27-16-25-19(22)14-23-20(25)18-10-7-11-24(18)21(26)28-15-17-8-5-4-6-9-17/h4-6,8-9,14,18H,7,10-13,15-16H2,1-3H3/t18-/m0/s1. The first kappa shape index (κ1) is 22.1. The molecule has 158 valence electrons. The lowest BCUT2D eigenvalue weighted by atomic mass is 10.2. The lowest BCUT2D eigenvalue weighted by molar-refractivity contribution is 0.0732. The summed E-state index contributed by atoms with van der Waals surface area (Å²) in [7, 11) is -1.13. The molecule has 0 bridgehead atoms. The number of aromatic nitrogens is 2. The number of carbonyl (C=O) groups is 1. The lowest BCUT2D eigenvalue weighted by Gasteiger charge is -2.25. The van der Waals surface area contributed by atoms with E-state index >= 15 is 0 Å². The van der Waals surface area contributed by atoms with Crippen LogP contribution in [0, 0.1) is 0 Å². The number of carbonyl (C=O) groups excluding carboxylic acids is 1. The Morgan fingerprint density at radius 3 is 2.76 bits per heavy atom. The maximum Gasteiger partial charge on any atom is 0.410 e. The Hall–Kier alpha value is -1.64. The fraction of sp³-hybridized carbons (Fsp3) is 0.524. The largest absolute Gasteiger partial charge is 0.445 e. The molecule has 1 aliphatic heterocycles. The van der Waals surface area contributed by atoms with Crippen molar-refractivity contribution in [1.29, 1.82) is 0 Å². The smallest absolute Gasteiger partial charge is 0.410 e. The molecule has 0 spiro atoms. The number of hydrogen-bond acceptors (Lipinski definition) is 4. The van der Waals surface area contributed by atoms with E-state index in [0.717, 1.165) is 41.5 Å². The first-order chi connectivity index (χ1) is 13.8. The van der Waals surface area contributed by atoms with E-state index in [-0.39, 0.29) is 18.7 Å². The zero-order chi connectivity index (χ0) is 20.9. The molecular formula is C21H30BrN3O3Si. The van der Waals surface area contributed by atoms with E-state index in [1.807, 2.05) is 34.9 Å². The van der Waals surface area contributed by atoms with E-state index in [1.54, 1.807) is 11.1 Å². The lowest BCUT2D eigenvalue weighted by Crippen LogP contribution is -2.32. The van der Waals surface area contributed by atoms with Gasteiger partial charge in [0, 0.05) is 21.2 Å². The van der Waals surface area contributed by atoms with Gasteiger partial charge in [-0.05, 0) is 40.4 Å². The second-order valence-electron chi connectivity index (χ2n) is 8.61. The summed E-state index contributed by atoms with van der Waals surface area (Å²) >= 11 is 3.57. The van der Waals surface area contributed by atoms with Gasteiger partial charge in [-0.25, -0.2) is 9.78 Å². The minimum absolute atomic E-state index is 0.0924. The highest BCUT2D eigenvalue weighted by Gasteiger charge is 2.34. The number of amides is 1. The van der Waals surface area contributed by atoms with Crippen molar-refractivity contribution in [2.45, 2.75) is 57.9 Å². The van der Waals surface area contributed by atoms with Gasteiger partial charge in [0.05, 0.1) is 12.2 Å². The highest BCUT2D eigenvalue weighted by Crippen LogP contribution is 2.33. The summed E-state index contributed by atoms with van der Waals surface area (Å²) in [6.45, 7) is 9.16. The number of benzene rings is 1. The molecule has 8 heteroatoms. The van der Waals surface area contributed by atoms with Crippen LogP contribution in [0.4, 0.5) is 4.79 Å². The van der Waals surface area contributed by atoms with Crippen molar-refractivity contribution in [2.24, 2.45) is 0 Å². The van der Waals surface area contributed by atoms with Crippen LogP contribution in [0.1, 0.15) is 30.3 Å². The van der Waals surface area contributed by atoms with Crippen molar-refractivity contribution in [3.8, 4) is 0 Å². The fourth-order valence-electron chi connectivity index (χ4n) is 3.35. The second kappa shape index (κ2) is 9.91. The van der Waals surface area contributed by atoms with Crippen LogP contribution in [-0.2, 0) is 22.8 Å². The van der Waals surface area contributed by atoms with E-state index in [9.17, 15) is 4.79 Å². The summed E-state index contributed by atoms with van der Waals surface area (Å²) in [5.74, 6) is 0.846. The van der Waals surface area contributed by atoms with Gasteiger partial charge in [0.15, 0.2) is 0 Å². The van der Waals surface area contributed by atoms with Crippen molar-refractivity contribution in [3.05, 3.63) is 52.5 Å². The molecule has 3 rings (SSSR count). The Kier molecular flexibility index (Phi) is 7.53. The van der Waals surface area contributed by atoms with Crippen molar-refractivity contribution in [2.75, 3.05) is 13.2 Å². The summed E-state index contributed by atoms with van der Waals surface area (Å²) in [4.78, 5) is 19.1. The average molecular weight is 480 g/mol. The Morgan fingerprint density at radius 2 is 2.03 bits per heavy atom. The quantitative estimate of drug-likeness (QED) is 0.373. The van der Waals surface area contributed by atoms with E-state index in [0.29, 0.717) is 13.3 Å². The van der Waals surface area contributed by atoms with Crippen LogP contribution >= 0.6 is 15.9 Å². The van der Waals surface area contributed by atoms with Gasteiger partial charge < -0.3 is 9.47 Å². The molecule has 2 aromatic rings. The summed E-state index contributed by atoms with van der Waals surface area (Å²) in [6, 6.07) is 10.8. The monoisotopic (exact) mass is 479 g/mol. The third-order valence-corrected chi connectivity index (χ3v) is 7.38. The first-order valence-electron chi connectivity index (χ1n) is 10.1. The third-order valence-electron chi connectivity index (χ3n) is 5.05. The Bertz CT molecular complexity index is 807. The van der Waals surface area contributed by atoms with E-state index in [1.165, 1.54) is 0 Å². The van der Waals surface area contributed by atoms with Crippen LogP contribution < -0.4 is 0 Å². The zero-order valence-electron chi connectivity index (χ0n) is 17.4. The highest BCUT2D eigenvalue weighted by molar-refractivity contribution is 9.10. The van der Waals surface area contributed by atoms with Gasteiger partial charge in [-0.2, -0.15) is 0 Å². The van der Waals surface area contributed by atoms with Gasteiger partial charge >= 0.3 is 6.09 Å². The number of hydrogen-bond donors (Lipinski definition) is 0. The number of nitrogens with zero attached hydrogens (tertiary/aromatic N) is 3. The topological polar surface area (TPSA) is 56.6 Å². The molecule has 1 amide bonds. The minimum Gasteiger partial charge on any atom is -0.445 e. The van der Waals surface area contributed by atoms with Gasteiger partial charge in [0.1, 0.15) is 23.8 Å². The molecule has 1 fully saturated rings. The van der Waals surface area contributed by atoms with Crippen LogP contribution in [0.5, 0.6) is 0 Å². The van der Waals surface area contributed by atoms with Crippen LogP contribution in [0.3, 0.4) is 0 Å². The van der Waals surface area contributed by atoms with E-state index in [4.69, 9.17) is 9.47 Å². The zero-order valence-corrected chi connectivity index (χ0v) is 20.0. The molecule has 0 N–H and O–H groups in total. The van der Waals surface area contributed by atoms with Gasteiger partial charge in [0.2, 0.25) is 0 Å². The van der Waals surface area contributed by atoms with Crippen molar-refractivity contribution < 1.29 is 14.3 Å². The number of likely N-dealkylation sites (tertiary alicyclic amines) is 1. The number of imidazole rings is 1. The molecule has 6 nitrogen and oxygen atoms in total. The molecule has 0 saturated carbocycles. The van der Waals surface area contributed by atoms with Gasteiger partial charge in [-0.15, -0.1) is 0 Å². The van der Waals surface area contributed by atoms with Crippen LogP contribution in [-0.4, -0.2) is 41.8 Å². The molecular weight excluding hydrogens is 450 g/mol. The highest BCUT2D eigenvalue weighted by atomic mass is 79.9. The van der Waals surface area contributed by atoms with Gasteiger partial charge in [-0.3, -0.25) is 9.47 Å². The molecule has 1 aliphatic rings. The molecule has 0 aliphatic carbocycles. The number of ether oxygens (including phenoxy) is 2. The molecule has 1 saturated heterocycles. The Labute approximate surface area is 182 Å². The predicted octanol–water partition coefficient (Wildman–Crippen LogP) is 5.43. The third kappa shape index (κ3) is 6.17. The molecule has 2 heterocycles. The molecule has 1 atom stereocenters. The average Bonchev–Trinajstić information content (AvgIpc) is 3.30. The molecule has 1 aromatic heterocycles. The first-order valence-corrected chi connectivity index (χ1v) is 14.6. The molecule has 0 unspecified atom stereocenters. The maximum atomic E-state index is 12.7. The Morgan fingerprint density at radius 1 is 1.28 bits per heavy atom. The van der Waals surface area contributed by atoms with E-state index < -0.39 is 8.07 Å². The van der Waals surface area contributed by atoms with Crippen molar-refractivity contribution in [1.82, 2.24) is 14.5 Å². The molecule has 29 heavy (non-hydrogen) atoms. The predicted molar refractivity (Wildman–Crippen MR) is 119 cm³/mol. The summed E-state index contributed by atoms with van der Waals surface area (Å²) in [5, 5.41) is 0. The van der Waals surface area contributed by atoms with Gasteiger partial charge in [-0.1, -0.05) is 50.0 Å². The SMILES string of the molecule is C[Si](C)(C)CCOCn1c(Br)cnc1[C@@H]1CCCN1C(=O)OCc1ccccc1. The number of rotatable bonds is 8. The Balaban J connectivity index is 1.62. The molecule has 0 radical (unpaired) electrons. The summed E-state index contributed by atoms with van der Waals surface area (Å²) < 4.78 is 14.4. The van der Waals surface area contributed by atoms with E-state index in [2.05, 4.69) is 40.6 Å². The van der Waals surface area contributed by atoms with Gasteiger partial charge in [0.25, 0.3) is 0 Å². The van der Waals surface area contributed by atoms with Crippen LogP contribution in [0.25, 0.3) is 0 Å². The van der Waals surface area contributed by atoms with Crippen molar-refractivity contribution in [3.63, 3.8) is 0 Å². The fourth-order valence-corrected chi connectivity index (χ4v) is 4.50. The summed E-state index contributed by atoms with van der Waals surface area (Å²) in [6.07, 6.45) is 3.30.